The lowest BCUT2D eigenvalue weighted by atomic mass is 10.2. The molecule has 2 rings (SSSR count). The van der Waals surface area contributed by atoms with Crippen molar-refractivity contribution in [2.75, 3.05) is 19.5 Å². The summed E-state index contributed by atoms with van der Waals surface area (Å²) in [7, 11) is 3.18. The van der Waals surface area contributed by atoms with Crippen molar-refractivity contribution in [2.24, 2.45) is 0 Å². The molecule has 0 aliphatic heterocycles. The van der Waals surface area contributed by atoms with Crippen LogP contribution in [0.2, 0.25) is 5.02 Å². The van der Waals surface area contributed by atoms with Gasteiger partial charge in [0.05, 0.1) is 37.2 Å². The number of nitrogens with zero attached hydrogens (tertiary/aromatic N) is 1. The molecule has 106 valence electrons. The van der Waals surface area contributed by atoms with Crippen molar-refractivity contribution in [1.29, 1.82) is 0 Å². The van der Waals surface area contributed by atoms with Crippen LogP contribution in [0.1, 0.15) is 11.3 Å². The van der Waals surface area contributed by atoms with Crippen LogP contribution in [0.4, 0.5) is 5.69 Å². The summed E-state index contributed by atoms with van der Waals surface area (Å²) in [6, 6.07) is 7.56. The first kappa shape index (κ1) is 14.5. The minimum atomic E-state index is 0.535. The van der Waals surface area contributed by atoms with Crippen molar-refractivity contribution in [3.8, 4) is 11.5 Å². The van der Waals surface area contributed by atoms with Crippen molar-refractivity contribution in [2.45, 2.75) is 13.5 Å². The van der Waals surface area contributed by atoms with Gasteiger partial charge in [0.15, 0.2) is 0 Å². The SMILES string of the molecule is COc1cc(OC)c(NCc2ccc(C)cn2)cc1Cl. The third-order valence-corrected chi connectivity index (χ3v) is 3.20. The number of nitrogens with one attached hydrogen (secondary N) is 1. The number of benzene rings is 1. The highest BCUT2D eigenvalue weighted by molar-refractivity contribution is 6.32. The van der Waals surface area contributed by atoms with Crippen LogP contribution in [0.5, 0.6) is 11.5 Å². The lowest BCUT2D eigenvalue weighted by Gasteiger charge is -2.13. The maximum absolute atomic E-state index is 6.12. The lowest BCUT2D eigenvalue weighted by Crippen LogP contribution is -2.03. The molecule has 0 atom stereocenters. The average Bonchev–Trinajstić information content (AvgIpc) is 2.46. The van der Waals surface area contributed by atoms with Crippen LogP contribution in [-0.4, -0.2) is 19.2 Å². The quantitative estimate of drug-likeness (QED) is 0.913. The van der Waals surface area contributed by atoms with Crippen molar-refractivity contribution in [3.05, 3.63) is 46.7 Å². The smallest absolute Gasteiger partial charge is 0.145 e. The molecule has 4 nitrogen and oxygen atoms in total. The van der Waals surface area contributed by atoms with Gasteiger partial charge in [-0.05, 0) is 24.6 Å². The molecule has 0 fully saturated rings. The first-order valence-corrected chi connectivity index (χ1v) is 6.58. The zero-order chi connectivity index (χ0) is 14.5. The highest BCUT2D eigenvalue weighted by Gasteiger charge is 2.09. The Labute approximate surface area is 123 Å². The van der Waals surface area contributed by atoms with Gasteiger partial charge in [-0.3, -0.25) is 4.98 Å². The standard InChI is InChI=1S/C15H17ClN2O2/c1-10-4-5-11(17-8-10)9-18-13-6-12(16)14(19-2)7-15(13)20-3/h4-8,18H,9H2,1-3H3. The van der Waals surface area contributed by atoms with E-state index < -0.39 is 0 Å². The maximum atomic E-state index is 6.12. The summed E-state index contributed by atoms with van der Waals surface area (Å²) >= 11 is 6.12. The van der Waals surface area contributed by atoms with E-state index in [4.69, 9.17) is 21.1 Å². The Bertz CT molecular complexity index is 585. The minimum Gasteiger partial charge on any atom is -0.495 e. The number of aryl methyl sites for hydroxylation is 1. The third kappa shape index (κ3) is 3.33. The van der Waals surface area contributed by atoms with Crippen molar-refractivity contribution < 1.29 is 9.47 Å². The Kier molecular flexibility index (Phi) is 4.69. The van der Waals surface area contributed by atoms with Crippen LogP contribution in [0, 0.1) is 6.92 Å². The van der Waals surface area contributed by atoms with Crippen LogP contribution in [0.15, 0.2) is 30.5 Å². The molecule has 20 heavy (non-hydrogen) atoms. The van der Waals surface area contributed by atoms with Gasteiger partial charge in [-0.15, -0.1) is 0 Å². The Morgan fingerprint density at radius 3 is 2.50 bits per heavy atom. The van der Waals surface area contributed by atoms with E-state index in [1.807, 2.05) is 25.3 Å². The molecule has 0 saturated heterocycles. The summed E-state index contributed by atoms with van der Waals surface area (Å²) in [6.07, 6.45) is 1.84. The van der Waals surface area contributed by atoms with Gasteiger partial charge in [-0.1, -0.05) is 17.7 Å². The summed E-state index contributed by atoms with van der Waals surface area (Å²) in [5.74, 6) is 1.26. The second kappa shape index (κ2) is 6.48. The Balaban J connectivity index is 2.16. The topological polar surface area (TPSA) is 43.4 Å². The fourth-order valence-corrected chi connectivity index (χ4v) is 2.03. The zero-order valence-corrected chi connectivity index (χ0v) is 12.5. The minimum absolute atomic E-state index is 0.535. The van der Waals surface area contributed by atoms with E-state index >= 15 is 0 Å². The van der Waals surface area contributed by atoms with Gasteiger partial charge in [0, 0.05) is 12.3 Å². The predicted molar refractivity (Wildman–Crippen MR) is 80.9 cm³/mol. The molecule has 1 aromatic carbocycles. The van der Waals surface area contributed by atoms with Crippen molar-refractivity contribution >= 4 is 17.3 Å². The molecule has 0 radical (unpaired) electrons. The van der Waals surface area contributed by atoms with Crippen LogP contribution < -0.4 is 14.8 Å². The zero-order valence-electron chi connectivity index (χ0n) is 11.7. The molecule has 0 spiro atoms. The van der Waals surface area contributed by atoms with Gasteiger partial charge < -0.3 is 14.8 Å². The predicted octanol–water partition coefficient (Wildman–Crippen LogP) is 3.67. The van der Waals surface area contributed by atoms with E-state index in [9.17, 15) is 0 Å². The Hall–Kier alpha value is -1.94. The van der Waals surface area contributed by atoms with E-state index in [1.165, 1.54) is 0 Å². The molecule has 0 bridgehead atoms. The molecule has 0 amide bonds. The normalized spacial score (nSPS) is 10.2. The summed E-state index contributed by atoms with van der Waals surface area (Å²) < 4.78 is 10.5. The van der Waals surface area contributed by atoms with Gasteiger partial charge in [0.25, 0.3) is 0 Å². The fourth-order valence-electron chi connectivity index (χ4n) is 1.79. The summed E-state index contributed by atoms with van der Waals surface area (Å²) in [6.45, 7) is 2.61. The van der Waals surface area contributed by atoms with Gasteiger partial charge in [-0.25, -0.2) is 0 Å². The van der Waals surface area contributed by atoms with Crippen LogP contribution in [0.3, 0.4) is 0 Å². The number of pyridine rings is 1. The molecule has 5 heteroatoms. The van der Waals surface area contributed by atoms with E-state index in [2.05, 4.69) is 10.3 Å². The Morgan fingerprint density at radius 2 is 1.90 bits per heavy atom. The molecule has 1 heterocycles. The molecule has 0 unspecified atom stereocenters. The molecule has 0 aliphatic rings. The number of ether oxygens (including phenoxy) is 2. The molecular weight excluding hydrogens is 276 g/mol. The fraction of sp³-hybridized carbons (Fsp3) is 0.267. The largest absolute Gasteiger partial charge is 0.495 e. The van der Waals surface area contributed by atoms with Gasteiger partial charge in [-0.2, -0.15) is 0 Å². The first-order valence-electron chi connectivity index (χ1n) is 6.21. The van der Waals surface area contributed by atoms with Gasteiger partial charge in [0.1, 0.15) is 11.5 Å². The van der Waals surface area contributed by atoms with Crippen LogP contribution >= 0.6 is 11.6 Å². The summed E-state index contributed by atoms with van der Waals surface area (Å²) in [5.41, 5.74) is 2.89. The van der Waals surface area contributed by atoms with E-state index in [0.717, 1.165) is 16.9 Å². The Morgan fingerprint density at radius 1 is 1.15 bits per heavy atom. The lowest BCUT2D eigenvalue weighted by molar-refractivity contribution is 0.395. The highest BCUT2D eigenvalue weighted by Crippen LogP contribution is 2.35. The van der Waals surface area contributed by atoms with E-state index in [0.29, 0.717) is 23.1 Å². The third-order valence-electron chi connectivity index (χ3n) is 2.91. The molecular formula is C15H17ClN2O2. The van der Waals surface area contributed by atoms with E-state index in [1.54, 1.807) is 26.4 Å². The number of methoxy groups -OCH3 is 2. The molecule has 0 aliphatic carbocycles. The number of anilines is 1. The van der Waals surface area contributed by atoms with E-state index in [-0.39, 0.29) is 0 Å². The number of rotatable bonds is 5. The molecule has 1 N–H and O–H groups in total. The van der Waals surface area contributed by atoms with Gasteiger partial charge in [0.2, 0.25) is 0 Å². The van der Waals surface area contributed by atoms with Gasteiger partial charge >= 0.3 is 0 Å². The second-order valence-corrected chi connectivity index (χ2v) is 4.77. The van der Waals surface area contributed by atoms with Crippen molar-refractivity contribution in [1.82, 2.24) is 4.98 Å². The second-order valence-electron chi connectivity index (χ2n) is 4.37. The average molecular weight is 293 g/mol. The number of hydrogen-bond acceptors (Lipinski definition) is 4. The number of hydrogen-bond donors (Lipinski definition) is 1. The first-order chi connectivity index (χ1) is 9.63. The molecule has 1 aromatic heterocycles. The summed E-state index contributed by atoms with van der Waals surface area (Å²) in [4.78, 5) is 4.34. The van der Waals surface area contributed by atoms with Crippen molar-refractivity contribution in [3.63, 3.8) is 0 Å². The molecule has 0 saturated carbocycles. The molecule has 2 aromatic rings. The monoisotopic (exact) mass is 292 g/mol. The highest BCUT2D eigenvalue weighted by atomic mass is 35.5. The van der Waals surface area contributed by atoms with Crippen LogP contribution in [0.25, 0.3) is 0 Å². The van der Waals surface area contributed by atoms with Crippen LogP contribution in [-0.2, 0) is 6.54 Å². The number of aromatic nitrogens is 1. The maximum Gasteiger partial charge on any atom is 0.145 e. The number of halogens is 1. The summed E-state index contributed by atoms with van der Waals surface area (Å²) in [5, 5.41) is 3.80.